The zero-order chi connectivity index (χ0) is 18.5. The number of hydrogen-bond donors (Lipinski definition) is 0. The van der Waals surface area contributed by atoms with Gasteiger partial charge in [0.25, 0.3) is 0 Å². The Bertz CT molecular complexity index is 788. The van der Waals surface area contributed by atoms with Crippen molar-refractivity contribution in [3.05, 3.63) is 59.9 Å². The van der Waals surface area contributed by atoms with Gasteiger partial charge in [-0.1, -0.05) is 42.5 Å². The van der Waals surface area contributed by atoms with E-state index >= 15 is 0 Å². The average molecular weight is 375 g/mol. The number of carbonyl (C=O) groups excluding carboxylic acids is 1. The first kappa shape index (κ1) is 18.7. The fraction of sp³-hybridized carbons (Fsp3) is 0.350. The van der Waals surface area contributed by atoms with Crippen LogP contribution in [0.15, 0.2) is 48.5 Å². The predicted octanol–water partition coefficient (Wildman–Crippen LogP) is 3.16. The van der Waals surface area contributed by atoms with Gasteiger partial charge in [-0.25, -0.2) is 4.39 Å². The summed E-state index contributed by atoms with van der Waals surface area (Å²) in [5, 5.41) is -0.269. The zero-order valence-corrected chi connectivity index (χ0v) is 15.5. The lowest BCUT2D eigenvalue weighted by molar-refractivity contribution is -0.132. The molecule has 2 aromatic carbocycles. The van der Waals surface area contributed by atoms with E-state index in [-0.39, 0.29) is 22.7 Å². The Morgan fingerprint density at radius 3 is 2.46 bits per heavy atom. The van der Waals surface area contributed by atoms with Crippen molar-refractivity contribution < 1.29 is 18.1 Å². The van der Waals surface area contributed by atoms with Crippen molar-refractivity contribution in [1.29, 1.82) is 0 Å². The van der Waals surface area contributed by atoms with Gasteiger partial charge in [0.1, 0.15) is 11.6 Å². The summed E-state index contributed by atoms with van der Waals surface area (Å²) in [6, 6.07) is 14.0. The molecule has 0 aliphatic carbocycles. The maximum absolute atomic E-state index is 13.9. The van der Waals surface area contributed by atoms with E-state index in [1.807, 2.05) is 31.2 Å². The topological polar surface area (TPSA) is 46.6 Å². The molecule has 2 unspecified atom stereocenters. The number of benzene rings is 2. The molecule has 0 spiro atoms. The van der Waals surface area contributed by atoms with Gasteiger partial charge in [-0.3, -0.25) is 9.00 Å². The Hall–Kier alpha value is -2.05. The fourth-order valence-electron chi connectivity index (χ4n) is 2.93. The molecule has 1 aliphatic heterocycles. The molecular formula is C20H22FNO3S. The quantitative estimate of drug-likeness (QED) is 0.807. The highest BCUT2D eigenvalue weighted by molar-refractivity contribution is 7.86. The number of halogens is 1. The summed E-state index contributed by atoms with van der Waals surface area (Å²) in [5.74, 6) is -0.356. The molecule has 0 saturated carbocycles. The van der Waals surface area contributed by atoms with E-state index in [0.717, 1.165) is 11.1 Å². The third kappa shape index (κ3) is 4.37. The number of ether oxygens (including phenoxy) is 1. The minimum Gasteiger partial charge on any atom is -0.378 e. The highest BCUT2D eigenvalue weighted by Crippen LogP contribution is 2.26. The summed E-state index contributed by atoms with van der Waals surface area (Å²) in [4.78, 5) is 14.0. The number of rotatable bonds is 5. The highest BCUT2D eigenvalue weighted by Gasteiger charge is 2.22. The van der Waals surface area contributed by atoms with Gasteiger partial charge in [-0.05, 0) is 24.1 Å². The zero-order valence-electron chi connectivity index (χ0n) is 14.7. The second-order valence-corrected chi connectivity index (χ2v) is 8.02. The van der Waals surface area contributed by atoms with Crippen LogP contribution in [0, 0.1) is 5.82 Å². The van der Waals surface area contributed by atoms with Crippen molar-refractivity contribution in [2.45, 2.75) is 12.2 Å². The number of carbonyl (C=O) groups is 1. The molecular weight excluding hydrogens is 353 g/mol. The average Bonchev–Trinajstić information content (AvgIpc) is 2.68. The monoisotopic (exact) mass is 375 g/mol. The molecule has 3 rings (SSSR count). The third-order valence-electron chi connectivity index (χ3n) is 4.59. The molecule has 4 nitrogen and oxygen atoms in total. The van der Waals surface area contributed by atoms with Crippen molar-refractivity contribution in [3.63, 3.8) is 0 Å². The van der Waals surface area contributed by atoms with Crippen molar-refractivity contribution in [2.24, 2.45) is 0 Å². The molecule has 0 bridgehead atoms. The first-order valence-corrected chi connectivity index (χ1v) is 10.0. The Balaban J connectivity index is 1.65. The first-order valence-electron chi connectivity index (χ1n) is 8.64. The van der Waals surface area contributed by atoms with Gasteiger partial charge in [0.15, 0.2) is 0 Å². The van der Waals surface area contributed by atoms with Crippen molar-refractivity contribution in [1.82, 2.24) is 4.90 Å². The van der Waals surface area contributed by atoms with Gasteiger partial charge in [0.05, 0.1) is 18.5 Å². The lowest BCUT2D eigenvalue weighted by Gasteiger charge is -2.27. The SMILES string of the molecule is CC(c1ccc(-c2ccccc2F)cc1)S(=O)CC(=O)N1CCOCC1. The Labute approximate surface area is 155 Å². The van der Waals surface area contributed by atoms with Gasteiger partial charge >= 0.3 is 0 Å². The molecule has 1 saturated heterocycles. The van der Waals surface area contributed by atoms with Crippen LogP contribution in [0.3, 0.4) is 0 Å². The van der Waals surface area contributed by atoms with Crippen LogP contribution in [0.4, 0.5) is 4.39 Å². The van der Waals surface area contributed by atoms with E-state index < -0.39 is 10.8 Å². The van der Waals surface area contributed by atoms with E-state index in [0.29, 0.717) is 31.9 Å². The van der Waals surface area contributed by atoms with E-state index in [9.17, 15) is 13.4 Å². The molecule has 1 heterocycles. The van der Waals surface area contributed by atoms with E-state index in [1.54, 1.807) is 23.1 Å². The van der Waals surface area contributed by atoms with Crippen molar-refractivity contribution in [2.75, 3.05) is 32.1 Å². The van der Waals surface area contributed by atoms with E-state index in [1.165, 1.54) is 6.07 Å². The fourth-order valence-corrected chi connectivity index (χ4v) is 4.07. The molecule has 1 aliphatic rings. The highest BCUT2D eigenvalue weighted by atomic mass is 32.2. The Morgan fingerprint density at radius 1 is 1.15 bits per heavy atom. The van der Waals surface area contributed by atoms with Crippen LogP contribution in [0.2, 0.25) is 0 Å². The van der Waals surface area contributed by atoms with Crippen LogP contribution in [0.5, 0.6) is 0 Å². The molecule has 1 amide bonds. The third-order valence-corrected chi connectivity index (χ3v) is 6.18. The number of morpholine rings is 1. The van der Waals surface area contributed by atoms with Gasteiger partial charge in [0, 0.05) is 29.5 Å². The Kier molecular flexibility index (Phi) is 6.16. The number of nitrogens with zero attached hydrogens (tertiary/aromatic N) is 1. The summed E-state index contributed by atoms with van der Waals surface area (Å²) < 4.78 is 31.7. The molecule has 0 aromatic heterocycles. The van der Waals surface area contributed by atoms with Gasteiger partial charge in [-0.2, -0.15) is 0 Å². The maximum atomic E-state index is 13.9. The summed E-state index contributed by atoms with van der Waals surface area (Å²) in [5.41, 5.74) is 2.18. The summed E-state index contributed by atoms with van der Waals surface area (Å²) in [6.07, 6.45) is 0. The lowest BCUT2D eigenvalue weighted by atomic mass is 10.0. The van der Waals surface area contributed by atoms with Crippen molar-refractivity contribution in [3.8, 4) is 11.1 Å². The van der Waals surface area contributed by atoms with Gasteiger partial charge in [-0.15, -0.1) is 0 Å². The molecule has 26 heavy (non-hydrogen) atoms. The summed E-state index contributed by atoms with van der Waals surface area (Å²) in [6.45, 7) is 4.03. The first-order chi connectivity index (χ1) is 12.6. The second-order valence-electron chi connectivity index (χ2n) is 6.26. The Morgan fingerprint density at radius 2 is 1.81 bits per heavy atom. The van der Waals surface area contributed by atoms with E-state index in [4.69, 9.17) is 4.74 Å². The van der Waals surface area contributed by atoms with Crippen LogP contribution in [-0.4, -0.2) is 47.1 Å². The maximum Gasteiger partial charge on any atom is 0.235 e. The van der Waals surface area contributed by atoms with Crippen LogP contribution in [0.1, 0.15) is 17.7 Å². The van der Waals surface area contributed by atoms with Gasteiger partial charge in [0.2, 0.25) is 5.91 Å². The van der Waals surface area contributed by atoms with E-state index in [2.05, 4.69) is 0 Å². The number of amides is 1. The second kappa shape index (κ2) is 8.56. The standard InChI is InChI=1S/C20H22FNO3S/c1-15(26(24)14-20(23)22-10-12-25-13-11-22)16-6-8-17(9-7-16)18-4-2-3-5-19(18)21/h2-9,15H,10-14H2,1H3. The normalized spacial score (nSPS) is 16.9. The van der Waals surface area contributed by atoms with Crippen LogP contribution < -0.4 is 0 Å². The summed E-state index contributed by atoms with van der Waals surface area (Å²) in [7, 11) is -1.31. The minimum absolute atomic E-state index is 0.0102. The lowest BCUT2D eigenvalue weighted by Crippen LogP contribution is -2.43. The van der Waals surface area contributed by atoms with Crippen LogP contribution >= 0.6 is 0 Å². The van der Waals surface area contributed by atoms with Crippen molar-refractivity contribution >= 4 is 16.7 Å². The van der Waals surface area contributed by atoms with Gasteiger partial charge < -0.3 is 9.64 Å². The molecule has 138 valence electrons. The largest absolute Gasteiger partial charge is 0.378 e. The molecule has 6 heteroatoms. The molecule has 0 radical (unpaired) electrons. The minimum atomic E-state index is -1.31. The molecule has 2 aromatic rings. The predicted molar refractivity (Wildman–Crippen MR) is 101 cm³/mol. The van der Waals surface area contributed by atoms with Crippen LogP contribution in [0.25, 0.3) is 11.1 Å². The van der Waals surface area contributed by atoms with Crippen LogP contribution in [-0.2, 0) is 20.3 Å². The number of hydrogen-bond acceptors (Lipinski definition) is 3. The summed E-state index contributed by atoms with van der Waals surface area (Å²) >= 11 is 0. The smallest absolute Gasteiger partial charge is 0.235 e. The molecule has 1 fully saturated rings. The molecule has 2 atom stereocenters. The molecule has 0 N–H and O–H groups in total.